The van der Waals surface area contributed by atoms with Crippen molar-refractivity contribution in [2.75, 3.05) is 11.5 Å². The number of aryl methyl sites for hydroxylation is 3. The molecule has 0 saturated carbocycles. The van der Waals surface area contributed by atoms with Gasteiger partial charge < -0.3 is 14.2 Å². The number of ketones is 1. The number of aliphatic hydroxyl groups is 1. The van der Waals surface area contributed by atoms with Gasteiger partial charge in [-0.15, -0.1) is 0 Å². The van der Waals surface area contributed by atoms with Gasteiger partial charge in [-0.3, -0.25) is 14.5 Å². The number of esters is 1. The Labute approximate surface area is 227 Å². The highest BCUT2D eigenvalue weighted by molar-refractivity contribution is 7.17. The van der Waals surface area contributed by atoms with Crippen LogP contribution in [0, 0.1) is 20.8 Å². The number of rotatable bonds is 5. The topological polar surface area (TPSA) is 114 Å². The fraction of sp³-hybridized carbons (Fsp3) is 0.222. The summed E-state index contributed by atoms with van der Waals surface area (Å²) < 4.78 is 6.92. The van der Waals surface area contributed by atoms with Crippen molar-refractivity contribution in [1.82, 2.24) is 14.4 Å². The summed E-state index contributed by atoms with van der Waals surface area (Å²) in [4.78, 5) is 49.8. The van der Waals surface area contributed by atoms with Crippen LogP contribution in [0.4, 0.5) is 5.13 Å². The molecule has 5 rings (SSSR count). The number of amides is 1. The number of halogens is 1. The van der Waals surface area contributed by atoms with Crippen LogP contribution in [-0.2, 0) is 14.3 Å². The van der Waals surface area contributed by atoms with Crippen LogP contribution in [-0.4, -0.2) is 43.7 Å². The molecule has 194 valence electrons. The summed E-state index contributed by atoms with van der Waals surface area (Å²) >= 11 is 7.22. The first-order valence-corrected chi connectivity index (χ1v) is 13.0. The van der Waals surface area contributed by atoms with Crippen LogP contribution in [0.3, 0.4) is 0 Å². The van der Waals surface area contributed by atoms with Crippen molar-refractivity contribution in [3.8, 4) is 0 Å². The Bertz CT molecular complexity index is 1670. The fourth-order valence-electron chi connectivity index (χ4n) is 4.57. The van der Waals surface area contributed by atoms with Gasteiger partial charge in [-0.05, 0) is 57.0 Å². The maximum absolute atomic E-state index is 13.5. The number of anilines is 1. The third kappa shape index (κ3) is 4.06. The van der Waals surface area contributed by atoms with Gasteiger partial charge in [-0.1, -0.05) is 41.1 Å². The van der Waals surface area contributed by atoms with E-state index in [1.807, 2.05) is 29.7 Å². The van der Waals surface area contributed by atoms with Crippen LogP contribution in [0.2, 0.25) is 5.02 Å². The maximum Gasteiger partial charge on any atom is 0.350 e. The molecule has 4 heterocycles. The standard InChI is InChI=1S/C27H23ClN4O5S/c1-5-37-26(36)23-14(3)29-27(38-23)32-20(16-9-6-10-17(28)12-16)18(22(34)25(32)35)21(33)19-15(4)31-11-7-8-13(2)24(31)30-19/h6-12,20,33H,5H2,1-4H3/b21-18+. The molecule has 1 aliphatic heterocycles. The number of aromatic nitrogens is 3. The fourth-order valence-corrected chi connectivity index (χ4v) is 5.75. The molecule has 1 saturated heterocycles. The van der Waals surface area contributed by atoms with Crippen LogP contribution in [0.5, 0.6) is 0 Å². The average Bonchev–Trinajstić information content (AvgIpc) is 3.51. The summed E-state index contributed by atoms with van der Waals surface area (Å²) in [5.41, 5.74) is 3.00. The maximum atomic E-state index is 13.5. The van der Waals surface area contributed by atoms with Gasteiger partial charge in [0.1, 0.15) is 16.2 Å². The van der Waals surface area contributed by atoms with Gasteiger partial charge >= 0.3 is 11.9 Å². The lowest BCUT2D eigenvalue weighted by Crippen LogP contribution is -2.29. The number of imidazole rings is 1. The molecule has 4 aromatic rings. The molecule has 1 amide bonds. The van der Waals surface area contributed by atoms with Crippen molar-refractivity contribution in [1.29, 1.82) is 0 Å². The predicted molar refractivity (Wildman–Crippen MR) is 144 cm³/mol. The number of nitrogens with zero attached hydrogens (tertiary/aromatic N) is 4. The monoisotopic (exact) mass is 550 g/mol. The molecule has 0 bridgehead atoms. The third-order valence-electron chi connectivity index (χ3n) is 6.37. The Kier molecular flexibility index (Phi) is 6.54. The normalized spacial score (nSPS) is 17.0. The lowest BCUT2D eigenvalue weighted by Gasteiger charge is -2.23. The average molecular weight is 551 g/mol. The van der Waals surface area contributed by atoms with Gasteiger partial charge in [0.25, 0.3) is 5.78 Å². The van der Waals surface area contributed by atoms with E-state index in [9.17, 15) is 19.5 Å². The van der Waals surface area contributed by atoms with Crippen LogP contribution in [0.25, 0.3) is 11.4 Å². The van der Waals surface area contributed by atoms with E-state index >= 15 is 0 Å². The van der Waals surface area contributed by atoms with Crippen molar-refractivity contribution >= 4 is 57.1 Å². The van der Waals surface area contributed by atoms with E-state index in [1.54, 1.807) is 45.0 Å². The zero-order valence-electron chi connectivity index (χ0n) is 21.0. The van der Waals surface area contributed by atoms with Crippen molar-refractivity contribution in [2.45, 2.75) is 33.7 Å². The molecular formula is C27H23ClN4O5S. The van der Waals surface area contributed by atoms with Gasteiger partial charge in [0.05, 0.1) is 29.6 Å². The molecule has 1 aliphatic rings. The van der Waals surface area contributed by atoms with E-state index in [-0.39, 0.29) is 27.9 Å². The highest BCUT2D eigenvalue weighted by atomic mass is 35.5. The zero-order valence-corrected chi connectivity index (χ0v) is 22.6. The predicted octanol–water partition coefficient (Wildman–Crippen LogP) is 5.17. The number of Topliss-reactive ketones (excluding diaryl/α,β-unsaturated/α-hetero) is 1. The van der Waals surface area contributed by atoms with E-state index < -0.39 is 29.5 Å². The van der Waals surface area contributed by atoms with Gasteiger partial charge in [-0.2, -0.15) is 0 Å². The number of carbonyl (C=O) groups is 3. The van der Waals surface area contributed by atoms with Gasteiger partial charge in [0, 0.05) is 11.2 Å². The molecule has 11 heteroatoms. The Hall–Kier alpha value is -4.02. The van der Waals surface area contributed by atoms with Crippen LogP contribution in [0.1, 0.15) is 50.8 Å². The summed E-state index contributed by atoms with van der Waals surface area (Å²) in [5.74, 6) is -2.76. The van der Waals surface area contributed by atoms with Crippen molar-refractivity contribution in [3.63, 3.8) is 0 Å². The van der Waals surface area contributed by atoms with E-state index in [4.69, 9.17) is 16.3 Å². The molecule has 9 nitrogen and oxygen atoms in total. The molecule has 0 radical (unpaired) electrons. The summed E-state index contributed by atoms with van der Waals surface area (Å²) in [6.45, 7) is 7.16. The number of aliphatic hydroxyl groups excluding tert-OH is 1. The lowest BCUT2D eigenvalue weighted by molar-refractivity contribution is -0.132. The molecule has 1 fully saturated rings. The first kappa shape index (κ1) is 25.6. The van der Waals surface area contributed by atoms with E-state index in [0.29, 0.717) is 27.6 Å². The molecule has 1 atom stereocenters. The van der Waals surface area contributed by atoms with Crippen LogP contribution >= 0.6 is 22.9 Å². The number of pyridine rings is 1. The molecule has 3 aromatic heterocycles. The first-order chi connectivity index (χ1) is 18.1. The molecule has 0 aliphatic carbocycles. The number of ether oxygens (including phenoxy) is 1. The number of hydrogen-bond acceptors (Lipinski definition) is 8. The third-order valence-corrected chi connectivity index (χ3v) is 7.74. The van der Waals surface area contributed by atoms with Crippen molar-refractivity contribution in [3.05, 3.63) is 86.3 Å². The summed E-state index contributed by atoms with van der Waals surface area (Å²) in [7, 11) is 0. The quantitative estimate of drug-likeness (QED) is 0.158. The number of fused-ring (bicyclic) bond motifs is 1. The molecule has 1 unspecified atom stereocenters. The number of thiazole rings is 1. The summed E-state index contributed by atoms with van der Waals surface area (Å²) in [6.07, 6.45) is 1.81. The van der Waals surface area contributed by atoms with E-state index in [2.05, 4.69) is 9.97 Å². The molecule has 0 spiro atoms. The van der Waals surface area contributed by atoms with Gasteiger partial charge in [-0.25, -0.2) is 14.8 Å². The first-order valence-electron chi connectivity index (χ1n) is 11.8. The Morgan fingerprint density at radius 2 is 1.92 bits per heavy atom. The SMILES string of the molecule is CCOC(=O)c1sc(N2C(=O)C(=O)/C(=C(/O)c3nc4c(C)cccn4c3C)C2c2cccc(Cl)c2)nc1C. The largest absolute Gasteiger partial charge is 0.505 e. The number of hydrogen-bond donors (Lipinski definition) is 1. The van der Waals surface area contributed by atoms with E-state index in [0.717, 1.165) is 16.9 Å². The van der Waals surface area contributed by atoms with Gasteiger partial charge in [0.15, 0.2) is 10.9 Å². The highest BCUT2D eigenvalue weighted by Gasteiger charge is 2.49. The van der Waals surface area contributed by atoms with Crippen molar-refractivity contribution < 1.29 is 24.2 Å². The molecule has 1 aromatic carbocycles. The van der Waals surface area contributed by atoms with E-state index in [1.165, 1.54) is 4.90 Å². The lowest BCUT2D eigenvalue weighted by atomic mass is 9.96. The summed E-state index contributed by atoms with van der Waals surface area (Å²) in [6, 6.07) is 9.37. The Morgan fingerprint density at radius 1 is 1.16 bits per heavy atom. The second kappa shape index (κ2) is 9.70. The second-order valence-electron chi connectivity index (χ2n) is 8.79. The highest BCUT2D eigenvalue weighted by Crippen LogP contribution is 2.44. The molecule has 38 heavy (non-hydrogen) atoms. The molecule has 1 N–H and O–H groups in total. The minimum absolute atomic E-state index is 0.124. The number of carbonyl (C=O) groups excluding carboxylic acids is 3. The number of benzene rings is 1. The van der Waals surface area contributed by atoms with Gasteiger partial charge in [0.2, 0.25) is 0 Å². The second-order valence-corrected chi connectivity index (χ2v) is 10.2. The van der Waals surface area contributed by atoms with Crippen LogP contribution < -0.4 is 4.90 Å². The Balaban J connectivity index is 1.74. The van der Waals surface area contributed by atoms with Crippen molar-refractivity contribution in [2.24, 2.45) is 0 Å². The Morgan fingerprint density at radius 3 is 2.61 bits per heavy atom. The molecular weight excluding hydrogens is 528 g/mol. The zero-order chi connectivity index (χ0) is 27.3. The smallest absolute Gasteiger partial charge is 0.350 e. The summed E-state index contributed by atoms with van der Waals surface area (Å²) in [5, 5.41) is 12.1. The minimum Gasteiger partial charge on any atom is -0.505 e. The van der Waals surface area contributed by atoms with Crippen LogP contribution in [0.15, 0.2) is 48.2 Å². The minimum atomic E-state index is -1.06.